The number of rotatable bonds is 5. The van der Waals surface area contributed by atoms with Crippen LogP contribution in [-0.4, -0.2) is 54.6 Å². The van der Waals surface area contributed by atoms with Gasteiger partial charge in [-0.2, -0.15) is 0 Å². The summed E-state index contributed by atoms with van der Waals surface area (Å²) in [5.41, 5.74) is 2.25. The van der Waals surface area contributed by atoms with Crippen LogP contribution in [0.15, 0.2) is 40.6 Å². The Bertz CT molecular complexity index is 888. The summed E-state index contributed by atoms with van der Waals surface area (Å²) >= 11 is 0. The molecule has 0 unspecified atom stereocenters. The molecular formula is C22H34BN3O4. The lowest BCUT2D eigenvalue weighted by molar-refractivity contribution is 0.00578. The molecule has 30 heavy (non-hydrogen) atoms. The molecule has 164 valence electrons. The molecule has 2 fully saturated rings. The minimum Gasteiger partial charge on any atom is -0.399 e. The Hall–Kier alpha value is -2.03. The van der Waals surface area contributed by atoms with Crippen molar-refractivity contribution in [3.8, 4) is 0 Å². The Balaban J connectivity index is 1.91. The number of anilines is 1. The fourth-order valence-corrected chi connectivity index (χ4v) is 3.42. The molecule has 0 atom stereocenters. The van der Waals surface area contributed by atoms with Gasteiger partial charge < -0.3 is 28.8 Å². The monoisotopic (exact) mass is 415 g/mol. The maximum Gasteiger partial charge on any atom is 0.496 e. The average Bonchev–Trinajstić information content (AvgIpc) is 2.88. The van der Waals surface area contributed by atoms with Gasteiger partial charge in [-0.05, 0) is 46.3 Å². The standard InChI is InChI=1S/C22H34BN3O4/c1-8-9-17(13-18-15-28-11-10-25(18)6)24-19-12-16(14-26(7)20(19)27)23-29-21(2,3)22(4,5)30-23/h9,12-14,24H,8,10-11,15H2,1-7H3/b17-9-,18-13-. The van der Waals surface area contributed by atoms with Crippen LogP contribution < -0.4 is 16.3 Å². The van der Waals surface area contributed by atoms with Crippen LogP contribution in [-0.2, 0) is 21.1 Å². The highest BCUT2D eigenvalue weighted by molar-refractivity contribution is 6.62. The zero-order chi connectivity index (χ0) is 22.1. The molecule has 8 heteroatoms. The SMILES string of the molecule is CC/C=C(/C=C1/COCCN1C)Nc1cc(B2OC(C)(C)C(C)(C)O2)cn(C)c1=O. The van der Waals surface area contributed by atoms with Crippen LogP contribution in [0.4, 0.5) is 5.69 Å². The fourth-order valence-electron chi connectivity index (χ4n) is 3.42. The average molecular weight is 415 g/mol. The van der Waals surface area contributed by atoms with Crippen molar-refractivity contribution in [1.82, 2.24) is 9.47 Å². The first kappa shape index (κ1) is 22.7. The number of morpholine rings is 1. The Morgan fingerprint density at radius 1 is 1.23 bits per heavy atom. The molecule has 2 saturated heterocycles. The molecule has 0 radical (unpaired) electrons. The van der Waals surface area contributed by atoms with Gasteiger partial charge in [-0.3, -0.25) is 4.79 Å². The van der Waals surface area contributed by atoms with E-state index in [0.29, 0.717) is 12.3 Å². The van der Waals surface area contributed by atoms with E-state index in [1.807, 2.05) is 39.8 Å². The summed E-state index contributed by atoms with van der Waals surface area (Å²) in [7, 11) is 3.26. The number of aromatic nitrogens is 1. The van der Waals surface area contributed by atoms with Gasteiger partial charge in [0.2, 0.25) is 0 Å². The second-order valence-corrected chi connectivity index (χ2v) is 8.99. The second kappa shape index (κ2) is 8.61. The van der Waals surface area contributed by atoms with Gasteiger partial charge in [0.05, 0.1) is 24.4 Å². The number of allylic oxidation sites excluding steroid dienone is 2. The first-order chi connectivity index (χ1) is 14.0. The number of likely N-dealkylation sites (N-methyl/N-ethyl adjacent to an activating group) is 1. The molecule has 7 nitrogen and oxygen atoms in total. The summed E-state index contributed by atoms with van der Waals surface area (Å²) in [6, 6.07) is 1.83. The number of aryl methyl sites for hydroxylation is 1. The zero-order valence-corrected chi connectivity index (χ0v) is 19.2. The van der Waals surface area contributed by atoms with E-state index in [1.54, 1.807) is 17.8 Å². The van der Waals surface area contributed by atoms with Crippen LogP contribution in [0.3, 0.4) is 0 Å². The Morgan fingerprint density at radius 2 is 1.90 bits per heavy atom. The molecule has 2 aliphatic heterocycles. The number of pyridine rings is 1. The van der Waals surface area contributed by atoms with E-state index in [2.05, 4.69) is 30.3 Å². The third kappa shape index (κ3) is 4.66. The maximum atomic E-state index is 12.8. The zero-order valence-electron chi connectivity index (χ0n) is 19.2. The number of nitrogens with one attached hydrogen (secondary N) is 1. The van der Waals surface area contributed by atoms with E-state index in [9.17, 15) is 4.79 Å². The normalized spacial score (nSPS) is 22.6. The van der Waals surface area contributed by atoms with Gasteiger partial charge >= 0.3 is 7.12 Å². The van der Waals surface area contributed by atoms with Crippen molar-refractivity contribution in [3.63, 3.8) is 0 Å². The van der Waals surface area contributed by atoms with Gasteiger partial charge in [0.25, 0.3) is 5.56 Å². The third-order valence-electron chi connectivity index (χ3n) is 6.07. The van der Waals surface area contributed by atoms with Gasteiger partial charge in [0.1, 0.15) is 5.69 Å². The molecule has 0 aliphatic carbocycles. The molecule has 2 aliphatic rings. The van der Waals surface area contributed by atoms with Crippen LogP contribution in [0.2, 0.25) is 0 Å². The largest absolute Gasteiger partial charge is 0.496 e. The van der Waals surface area contributed by atoms with Crippen LogP contribution in [0.5, 0.6) is 0 Å². The molecule has 1 aromatic heterocycles. The van der Waals surface area contributed by atoms with Crippen molar-refractivity contribution in [2.24, 2.45) is 7.05 Å². The first-order valence-electron chi connectivity index (χ1n) is 10.6. The predicted octanol–water partition coefficient (Wildman–Crippen LogP) is 2.24. The van der Waals surface area contributed by atoms with Crippen molar-refractivity contribution < 1.29 is 14.0 Å². The topological polar surface area (TPSA) is 65.0 Å². The Morgan fingerprint density at radius 3 is 2.50 bits per heavy atom. The highest BCUT2D eigenvalue weighted by atomic mass is 16.7. The van der Waals surface area contributed by atoms with E-state index in [-0.39, 0.29) is 5.56 Å². The molecule has 3 heterocycles. The summed E-state index contributed by atoms with van der Waals surface area (Å²) in [4.78, 5) is 15.0. The highest BCUT2D eigenvalue weighted by Crippen LogP contribution is 2.36. The van der Waals surface area contributed by atoms with E-state index < -0.39 is 18.3 Å². The van der Waals surface area contributed by atoms with Crippen LogP contribution in [0.1, 0.15) is 41.0 Å². The molecule has 0 aromatic carbocycles. The van der Waals surface area contributed by atoms with E-state index >= 15 is 0 Å². The minimum absolute atomic E-state index is 0.107. The Labute approximate surface area is 179 Å². The molecule has 1 aromatic rings. The molecule has 0 saturated carbocycles. The molecular weight excluding hydrogens is 381 g/mol. The van der Waals surface area contributed by atoms with Gasteiger partial charge in [-0.25, -0.2) is 0 Å². The lowest BCUT2D eigenvalue weighted by Crippen LogP contribution is -2.41. The van der Waals surface area contributed by atoms with Crippen molar-refractivity contribution in [2.75, 3.05) is 32.1 Å². The van der Waals surface area contributed by atoms with Crippen LogP contribution in [0, 0.1) is 0 Å². The van der Waals surface area contributed by atoms with Gasteiger partial charge in [0.15, 0.2) is 0 Å². The number of hydrogen-bond acceptors (Lipinski definition) is 6. The highest BCUT2D eigenvalue weighted by Gasteiger charge is 2.51. The summed E-state index contributed by atoms with van der Waals surface area (Å²) in [6.07, 6.45) is 6.73. The summed E-state index contributed by atoms with van der Waals surface area (Å²) in [6.45, 7) is 12.3. The van der Waals surface area contributed by atoms with Crippen LogP contribution in [0.25, 0.3) is 0 Å². The van der Waals surface area contributed by atoms with Gasteiger partial charge in [0, 0.05) is 43.7 Å². The molecule has 0 spiro atoms. The van der Waals surface area contributed by atoms with Crippen molar-refractivity contribution in [1.29, 1.82) is 0 Å². The molecule has 1 N–H and O–H groups in total. The number of nitrogens with zero attached hydrogens (tertiary/aromatic N) is 2. The van der Waals surface area contributed by atoms with E-state index in [0.717, 1.165) is 36.4 Å². The van der Waals surface area contributed by atoms with Gasteiger partial charge in [-0.15, -0.1) is 0 Å². The van der Waals surface area contributed by atoms with Crippen LogP contribution >= 0.6 is 0 Å². The molecule has 3 rings (SSSR count). The summed E-state index contributed by atoms with van der Waals surface area (Å²) < 4.78 is 19.5. The predicted molar refractivity (Wildman–Crippen MR) is 121 cm³/mol. The lowest BCUT2D eigenvalue weighted by atomic mass is 9.80. The Kier molecular flexibility index (Phi) is 6.50. The number of ether oxygens (including phenoxy) is 1. The number of hydrogen-bond donors (Lipinski definition) is 1. The van der Waals surface area contributed by atoms with E-state index in [4.69, 9.17) is 14.0 Å². The maximum absolute atomic E-state index is 12.8. The quantitative estimate of drug-likeness (QED) is 0.745. The summed E-state index contributed by atoms with van der Waals surface area (Å²) in [5, 5.41) is 3.32. The third-order valence-corrected chi connectivity index (χ3v) is 6.07. The minimum atomic E-state index is -0.530. The molecule has 0 bridgehead atoms. The van der Waals surface area contributed by atoms with Crippen molar-refractivity contribution in [3.05, 3.63) is 46.2 Å². The first-order valence-corrected chi connectivity index (χ1v) is 10.6. The van der Waals surface area contributed by atoms with Crippen molar-refractivity contribution >= 4 is 18.3 Å². The van der Waals surface area contributed by atoms with E-state index in [1.165, 1.54) is 0 Å². The second-order valence-electron chi connectivity index (χ2n) is 8.99. The van der Waals surface area contributed by atoms with Crippen molar-refractivity contribution in [2.45, 2.75) is 52.2 Å². The smallest absolute Gasteiger partial charge is 0.399 e. The fraction of sp³-hybridized carbons (Fsp3) is 0.591. The molecule has 0 amide bonds. The summed E-state index contributed by atoms with van der Waals surface area (Å²) in [5.74, 6) is 0. The lowest BCUT2D eigenvalue weighted by Gasteiger charge is -2.32. The van der Waals surface area contributed by atoms with Gasteiger partial charge in [-0.1, -0.05) is 13.0 Å².